The molecule has 1 saturated carbocycles. The molecule has 4 heterocycles. The van der Waals surface area contributed by atoms with Crippen molar-refractivity contribution in [2.45, 2.75) is 83.3 Å². The summed E-state index contributed by atoms with van der Waals surface area (Å²) in [5.41, 5.74) is 0.208. The number of ether oxygens (including phenoxy) is 5. The van der Waals surface area contributed by atoms with E-state index in [1.165, 1.54) is 0 Å². The number of hydrogen-bond donors (Lipinski definition) is 0. The minimum Gasteiger partial charge on any atom is -0.493 e. The third kappa shape index (κ3) is 4.51. The van der Waals surface area contributed by atoms with Crippen molar-refractivity contribution in [3.05, 3.63) is 54.1 Å². The van der Waals surface area contributed by atoms with Crippen LogP contribution in [0, 0.1) is 23.7 Å². The van der Waals surface area contributed by atoms with Crippen molar-refractivity contribution in [3.8, 4) is 17.2 Å². The molecular formula is C31H38O8. The second-order valence-corrected chi connectivity index (χ2v) is 11.8. The van der Waals surface area contributed by atoms with Gasteiger partial charge in [0.25, 0.3) is 0 Å². The molecule has 5 fully saturated rings. The lowest BCUT2D eigenvalue weighted by atomic mass is 9.58. The first kappa shape index (κ1) is 26.6. The first-order chi connectivity index (χ1) is 18.7. The summed E-state index contributed by atoms with van der Waals surface area (Å²) in [4.78, 5) is 25.0. The normalized spacial score (nSPS) is 37.8. The van der Waals surface area contributed by atoms with Crippen LogP contribution < -0.4 is 14.2 Å². The number of fused-ring (bicyclic) bond motifs is 2. The summed E-state index contributed by atoms with van der Waals surface area (Å²) >= 11 is 0. The Hall–Kier alpha value is -2.65. The van der Waals surface area contributed by atoms with E-state index in [-0.39, 0.29) is 17.8 Å². The SMILES string of the molecule is COc1ccccc1OC(=O)C(C)c1ccc(O[C@H]2O[C@@H]3O[C@@]4(C)CC[C@H]5[C@H](C)CC[C@@H]([C@H]2C)[C@@]35OO4)cc1. The molecule has 1 aliphatic carbocycles. The van der Waals surface area contributed by atoms with Gasteiger partial charge in [-0.2, -0.15) is 0 Å². The molecule has 0 aromatic heterocycles. The quantitative estimate of drug-likeness (QED) is 0.252. The van der Waals surface area contributed by atoms with Crippen molar-refractivity contribution in [3.63, 3.8) is 0 Å². The van der Waals surface area contributed by atoms with Crippen LogP contribution in [-0.2, 0) is 24.0 Å². The van der Waals surface area contributed by atoms with E-state index in [1.54, 1.807) is 25.3 Å². The van der Waals surface area contributed by atoms with Gasteiger partial charge in [0, 0.05) is 18.3 Å². The topological polar surface area (TPSA) is 81.7 Å². The summed E-state index contributed by atoms with van der Waals surface area (Å²) in [6.07, 6.45) is 2.86. The molecule has 8 heteroatoms. The number of rotatable bonds is 6. The van der Waals surface area contributed by atoms with Gasteiger partial charge in [-0.15, -0.1) is 0 Å². The molecule has 0 amide bonds. The van der Waals surface area contributed by atoms with Crippen LogP contribution in [0.4, 0.5) is 0 Å². The lowest BCUT2D eigenvalue weighted by Gasteiger charge is -2.60. The Kier molecular flexibility index (Phi) is 6.86. The third-order valence-corrected chi connectivity index (χ3v) is 9.36. The van der Waals surface area contributed by atoms with Gasteiger partial charge in [0.05, 0.1) is 13.0 Å². The third-order valence-electron chi connectivity index (χ3n) is 9.36. The Balaban J connectivity index is 1.16. The molecule has 210 valence electrons. The number of carbonyl (C=O) groups excluding carboxylic acids is 1. The van der Waals surface area contributed by atoms with E-state index in [0.717, 1.165) is 31.2 Å². The lowest BCUT2D eigenvalue weighted by Crippen LogP contribution is -2.70. The zero-order valence-corrected chi connectivity index (χ0v) is 23.3. The molecule has 0 N–H and O–H groups in total. The Labute approximate surface area is 229 Å². The zero-order valence-electron chi connectivity index (χ0n) is 23.3. The van der Waals surface area contributed by atoms with E-state index < -0.39 is 29.9 Å². The fourth-order valence-electron chi connectivity index (χ4n) is 7.01. The van der Waals surface area contributed by atoms with Crippen molar-refractivity contribution in [2.24, 2.45) is 23.7 Å². The molecule has 8 nitrogen and oxygen atoms in total. The van der Waals surface area contributed by atoms with E-state index in [4.69, 9.17) is 33.5 Å². The van der Waals surface area contributed by atoms with Gasteiger partial charge in [-0.1, -0.05) is 38.1 Å². The van der Waals surface area contributed by atoms with Gasteiger partial charge in [-0.05, 0) is 74.8 Å². The summed E-state index contributed by atoms with van der Waals surface area (Å²) in [7, 11) is 1.55. The van der Waals surface area contributed by atoms with E-state index >= 15 is 0 Å². The molecule has 39 heavy (non-hydrogen) atoms. The van der Waals surface area contributed by atoms with Gasteiger partial charge in [0.1, 0.15) is 5.75 Å². The molecule has 0 radical (unpaired) electrons. The average molecular weight is 539 g/mol. The maximum Gasteiger partial charge on any atom is 0.318 e. The number of benzene rings is 2. The second-order valence-electron chi connectivity index (χ2n) is 11.8. The van der Waals surface area contributed by atoms with Crippen molar-refractivity contribution >= 4 is 5.97 Å². The van der Waals surface area contributed by atoms with Crippen LogP contribution >= 0.6 is 0 Å². The molecule has 4 aliphatic heterocycles. The van der Waals surface area contributed by atoms with Gasteiger partial charge in [0.15, 0.2) is 23.4 Å². The highest BCUT2D eigenvalue weighted by Gasteiger charge is 2.69. The Morgan fingerprint density at radius 1 is 0.974 bits per heavy atom. The predicted octanol–water partition coefficient (Wildman–Crippen LogP) is 5.99. The second kappa shape index (κ2) is 10.1. The summed E-state index contributed by atoms with van der Waals surface area (Å²) in [6.45, 7) is 8.21. The minimum atomic E-state index is -0.821. The largest absolute Gasteiger partial charge is 0.493 e. The van der Waals surface area contributed by atoms with Crippen molar-refractivity contribution < 1.29 is 38.3 Å². The van der Waals surface area contributed by atoms with Crippen LogP contribution in [0.25, 0.3) is 0 Å². The first-order valence-corrected chi connectivity index (χ1v) is 14.1. The number of hydrogen-bond acceptors (Lipinski definition) is 8. The summed E-state index contributed by atoms with van der Waals surface area (Å²) < 4.78 is 30.3. The molecule has 1 spiro atoms. The standard InChI is InChI=1S/C31H38O8/c1-18-10-15-24-20(3)28(36-29-31(24)23(18)16-17-30(4,37-29)38-39-31)34-22-13-11-21(12-14-22)19(2)27(32)35-26-9-7-6-8-25(26)33-5/h6-9,11-14,18-20,23-24,28-29H,10,15-17H2,1-5H3/t18-,19?,20-,23+,24+,28+,29-,30-,31-/m1/s1. The molecule has 4 saturated heterocycles. The molecular weight excluding hydrogens is 500 g/mol. The monoisotopic (exact) mass is 538 g/mol. The molecule has 1 unspecified atom stereocenters. The van der Waals surface area contributed by atoms with Gasteiger partial charge >= 0.3 is 5.97 Å². The highest BCUT2D eigenvalue weighted by Crippen LogP contribution is 2.60. The molecule has 9 atom stereocenters. The smallest absolute Gasteiger partial charge is 0.318 e. The number of methoxy groups -OCH3 is 1. The van der Waals surface area contributed by atoms with E-state index in [2.05, 4.69) is 13.8 Å². The van der Waals surface area contributed by atoms with Crippen LogP contribution in [0.3, 0.4) is 0 Å². The van der Waals surface area contributed by atoms with Gasteiger partial charge in [0.2, 0.25) is 12.1 Å². The Morgan fingerprint density at radius 2 is 1.72 bits per heavy atom. The van der Waals surface area contributed by atoms with Crippen molar-refractivity contribution in [1.82, 2.24) is 0 Å². The van der Waals surface area contributed by atoms with Gasteiger partial charge in [-0.25, -0.2) is 9.78 Å². The maximum atomic E-state index is 12.8. The van der Waals surface area contributed by atoms with Crippen molar-refractivity contribution in [1.29, 1.82) is 0 Å². The first-order valence-electron chi connectivity index (χ1n) is 14.1. The molecule has 2 aromatic carbocycles. The van der Waals surface area contributed by atoms with Crippen LogP contribution in [-0.4, -0.2) is 37.0 Å². The van der Waals surface area contributed by atoms with Crippen LogP contribution in [0.5, 0.6) is 17.2 Å². The summed E-state index contributed by atoms with van der Waals surface area (Å²) in [5, 5.41) is 0. The van der Waals surface area contributed by atoms with Crippen molar-refractivity contribution in [2.75, 3.05) is 7.11 Å². The minimum absolute atomic E-state index is 0.0698. The number of esters is 1. The molecule has 2 aromatic rings. The van der Waals surface area contributed by atoms with E-state index in [0.29, 0.717) is 29.1 Å². The predicted molar refractivity (Wildman–Crippen MR) is 141 cm³/mol. The highest BCUT2D eigenvalue weighted by atomic mass is 17.3. The molecule has 5 aliphatic rings. The molecule has 7 rings (SSSR count). The number of para-hydroxylation sites is 2. The van der Waals surface area contributed by atoms with Crippen LogP contribution in [0.1, 0.15) is 64.9 Å². The van der Waals surface area contributed by atoms with Gasteiger partial charge < -0.3 is 23.7 Å². The van der Waals surface area contributed by atoms with Gasteiger partial charge in [-0.3, -0.25) is 4.79 Å². The lowest BCUT2D eigenvalue weighted by molar-refractivity contribution is -0.575. The number of carbonyl (C=O) groups is 1. The molecule has 2 bridgehead atoms. The Bertz CT molecular complexity index is 1200. The Morgan fingerprint density at radius 3 is 2.46 bits per heavy atom. The zero-order chi connectivity index (χ0) is 27.4. The van der Waals surface area contributed by atoms with Crippen LogP contribution in [0.2, 0.25) is 0 Å². The van der Waals surface area contributed by atoms with E-state index in [9.17, 15) is 4.79 Å². The van der Waals surface area contributed by atoms with E-state index in [1.807, 2.05) is 44.2 Å². The summed E-state index contributed by atoms with van der Waals surface area (Å²) in [6, 6.07) is 14.6. The highest BCUT2D eigenvalue weighted by molar-refractivity contribution is 5.80. The fourth-order valence-corrected chi connectivity index (χ4v) is 7.01. The maximum absolute atomic E-state index is 12.8. The summed E-state index contributed by atoms with van der Waals surface area (Å²) in [5.74, 6) is 1.01. The van der Waals surface area contributed by atoms with Crippen LogP contribution in [0.15, 0.2) is 48.5 Å². The average Bonchev–Trinajstić information content (AvgIpc) is 3.17. The fraction of sp³-hybridized carbons (Fsp3) is 0.581.